The first kappa shape index (κ1) is 21.0. The lowest BCUT2D eigenvalue weighted by atomic mass is 10.2. The van der Waals surface area contributed by atoms with Gasteiger partial charge in [-0.25, -0.2) is 0 Å². The lowest BCUT2D eigenvalue weighted by Gasteiger charge is -2.08. The topological polar surface area (TPSA) is 110 Å². The zero-order chi connectivity index (χ0) is 22.5. The fraction of sp³-hybridized carbons (Fsp3) is 0.174. The van der Waals surface area contributed by atoms with Gasteiger partial charge in [-0.15, -0.1) is 0 Å². The van der Waals surface area contributed by atoms with Crippen molar-refractivity contribution in [2.45, 2.75) is 12.8 Å². The van der Waals surface area contributed by atoms with Crippen molar-refractivity contribution in [1.29, 1.82) is 0 Å². The minimum Gasteiger partial charge on any atom is -0.497 e. The Kier molecular flexibility index (Phi) is 6.07. The van der Waals surface area contributed by atoms with Crippen LogP contribution in [0.5, 0.6) is 28.9 Å². The molecule has 0 radical (unpaired) electrons. The van der Waals surface area contributed by atoms with Gasteiger partial charge in [0, 0.05) is 24.6 Å². The molecule has 9 nitrogen and oxygen atoms in total. The van der Waals surface area contributed by atoms with Crippen LogP contribution in [0.25, 0.3) is 11.0 Å². The molecule has 2 aromatic heterocycles. The largest absolute Gasteiger partial charge is 0.497 e. The summed E-state index contributed by atoms with van der Waals surface area (Å²) in [5, 5.41) is 3.96. The van der Waals surface area contributed by atoms with Crippen molar-refractivity contribution < 1.29 is 32.7 Å². The number of esters is 1. The van der Waals surface area contributed by atoms with Gasteiger partial charge in [-0.2, -0.15) is 0 Å². The van der Waals surface area contributed by atoms with Crippen LogP contribution in [-0.2, 0) is 11.2 Å². The molecule has 2 aromatic carbocycles. The Bertz CT molecular complexity index is 1310. The van der Waals surface area contributed by atoms with Crippen LogP contribution in [0.1, 0.15) is 12.2 Å². The molecule has 0 saturated carbocycles. The predicted octanol–water partition coefficient (Wildman–Crippen LogP) is 4.13. The van der Waals surface area contributed by atoms with E-state index in [-0.39, 0.29) is 28.9 Å². The molecule has 164 valence electrons. The van der Waals surface area contributed by atoms with E-state index < -0.39 is 5.97 Å². The fourth-order valence-corrected chi connectivity index (χ4v) is 2.93. The van der Waals surface area contributed by atoms with Crippen molar-refractivity contribution in [3.8, 4) is 28.9 Å². The number of fused-ring (bicyclic) bond motifs is 1. The zero-order valence-corrected chi connectivity index (χ0v) is 17.3. The van der Waals surface area contributed by atoms with E-state index in [1.165, 1.54) is 31.6 Å². The van der Waals surface area contributed by atoms with Crippen molar-refractivity contribution in [2.75, 3.05) is 14.2 Å². The lowest BCUT2D eigenvalue weighted by Crippen LogP contribution is -2.09. The van der Waals surface area contributed by atoms with Gasteiger partial charge >= 0.3 is 5.97 Å². The van der Waals surface area contributed by atoms with E-state index in [2.05, 4.69) is 5.16 Å². The molecule has 2 heterocycles. The molecule has 32 heavy (non-hydrogen) atoms. The predicted molar refractivity (Wildman–Crippen MR) is 113 cm³/mol. The number of nitrogens with zero attached hydrogens (tertiary/aromatic N) is 1. The standard InChI is InChI=1S/C23H19NO8/c1-27-14-4-3-5-15(10-14)30-20-13-29-19-11-16(6-8-18(19)23(20)26)31-22(25)9-7-17-12-21(28-2)24-32-17/h3-6,8,10-13H,7,9H2,1-2H3. The van der Waals surface area contributed by atoms with E-state index in [4.69, 9.17) is 27.9 Å². The van der Waals surface area contributed by atoms with Crippen molar-refractivity contribution in [3.05, 3.63) is 70.8 Å². The third kappa shape index (κ3) is 4.72. The summed E-state index contributed by atoms with van der Waals surface area (Å²) in [5.74, 6) is 1.69. The molecule has 0 aliphatic rings. The van der Waals surface area contributed by atoms with Crippen molar-refractivity contribution in [2.24, 2.45) is 0 Å². The van der Waals surface area contributed by atoms with Crippen molar-refractivity contribution in [1.82, 2.24) is 5.16 Å². The van der Waals surface area contributed by atoms with E-state index >= 15 is 0 Å². The highest BCUT2D eigenvalue weighted by Crippen LogP contribution is 2.26. The first-order chi connectivity index (χ1) is 15.6. The molecule has 0 spiro atoms. The van der Waals surface area contributed by atoms with E-state index in [0.717, 1.165) is 0 Å². The molecule has 0 N–H and O–H groups in total. The molecular formula is C23H19NO8. The molecule has 0 unspecified atom stereocenters. The molecule has 0 saturated heterocycles. The van der Waals surface area contributed by atoms with Gasteiger partial charge in [0.1, 0.15) is 34.9 Å². The Morgan fingerprint density at radius 1 is 1.00 bits per heavy atom. The Morgan fingerprint density at radius 3 is 2.62 bits per heavy atom. The SMILES string of the molecule is COc1cccc(Oc2coc3cc(OC(=O)CCc4cc(OC)no4)ccc3c2=O)c1. The summed E-state index contributed by atoms with van der Waals surface area (Å²) in [4.78, 5) is 24.9. The van der Waals surface area contributed by atoms with E-state index in [0.29, 0.717) is 34.9 Å². The maximum absolute atomic E-state index is 12.8. The van der Waals surface area contributed by atoms with Crippen LogP contribution in [0.15, 0.2) is 68.5 Å². The van der Waals surface area contributed by atoms with Gasteiger partial charge in [-0.05, 0) is 29.4 Å². The second kappa shape index (κ2) is 9.25. The second-order valence-electron chi connectivity index (χ2n) is 6.68. The van der Waals surface area contributed by atoms with E-state index in [1.54, 1.807) is 37.4 Å². The van der Waals surface area contributed by atoms with Crippen molar-refractivity contribution in [3.63, 3.8) is 0 Å². The summed E-state index contributed by atoms with van der Waals surface area (Å²) in [6.07, 6.45) is 1.60. The highest BCUT2D eigenvalue weighted by Gasteiger charge is 2.13. The summed E-state index contributed by atoms with van der Waals surface area (Å²) in [6.45, 7) is 0. The zero-order valence-electron chi connectivity index (χ0n) is 17.3. The monoisotopic (exact) mass is 437 g/mol. The highest BCUT2D eigenvalue weighted by atomic mass is 16.5. The quantitative estimate of drug-likeness (QED) is 0.297. The highest BCUT2D eigenvalue weighted by molar-refractivity contribution is 5.80. The minimum atomic E-state index is -0.472. The van der Waals surface area contributed by atoms with Gasteiger partial charge < -0.3 is 27.9 Å². The number of hydrogen-bond donors (Lipinski definition) is 0. The summed E-state index contributed by atoms with van der Waals surface area (Å²) in [6, 6.07) is 13.0. The first-order valence-electron chi connectivity index (χ1n) is 9.63. The Balaban J connectivity index is 1.45. The van der Waals surface area contributed by atoms with Crippen LogP contribution >= 0.6 is 0 Å². The molecule has 4 rings (SSSR count). The lowest BCUT2D eigenvalue weighted by molar-refractivity contribution is -0.134. The number of aromatic nitrogens is 1. The number of benzene rings is 2. The minimum absolute atomic E-state index is 0.0259. The number of carbonyl (C=O) groups is 1. The maximum Gasteiger partial charge on any atom is 0.311 e. The van der Waals surface area contributed by atoms with Crippen LogP contribution in [0.2, 0.25) is 0 Å². The molecule has 0 amide bonds. The van der Waals surface area contributed by atoms with E-state index in [1.807, 2.05) is 0 Å². The molecular weight excluding hydrogens is 418 g/mol. The van der Waals surface area contributed by atoms with Gasteiger partial charge in [0.2, 0.25) is 11.2 Å². The van der Waals surface area contributed by atoms with Gasteiger partial charge in [0.05, 0.1) is 26.0 Å². The number of aryl methyl sites for hydroxylation is 1. The van der Waals surface area contributed by atoms with Crippen LogP contribution in [-0.4, -0.2) is 25.3 Å². The van der Waals surface area contributed by atoms with Gasteiger partial charge in [0.15, 0.2) is 0 Å². The summed E-state index contributed by atoms with van der Waals surface area (Å²) in [7, 11) is 3.02. The number of hydrogen-bond acceptors (Lipinski definition) is 9. The maximum atomic E-state index is 12.8. The number of rotatable bonds is 8. The molecule has 0 fully saturated rings. The second-order valence-corrected chi connectivity index (χ2v) is 6.68. The Hall–Kier alpha value is -4.27. The van der Waals surface area contributed by atoms with Crippen molar-refractivity contribution >= 4 is 16.9 Å². The molecule has 0 atom stereocenters. The first-order valence-corrected chi connectivity index (χ1v) is 9.63. The van der Waals surface area contributed by atoms with Crippen LogP contribution in [0, 0.1) is 0 Å². The van der Waals surface area contributed by atoms with Gasteiger partial charge in [-0.3, -0.25) is 9.59 Å². The Morgan fingerprint density at radius 2 is 1.84 bits per heavy atom. The summed E-state index contributed by atoms with van der Waals surface area (Å²) in [5.41, 5.74) is -0.0931. The van der Waals surface area contributed by atoms with Crippen LogP contribution < -0.4 is 24.4 Å². The van der Waals surface area contributed by atoms with Gasteiger partial charge in [-0.1, -0.05) is 6.07 Å². The number of methoxy groups -OCH3 is 2. The molecule has 9 heteroatoms. The number of carbonyl (C=O) groups excluding carboxylic acids is 1. The fourth-order valence-electron chi connectivity index (χ4n) is 2.93. The average Bonchev–Trinajstić information content (AvgIpc) is 3.28. The third-order valence-corrected chi connectivity index (χ3v) is 4.54. The normalized spacial score (nSPS) is 10.7. The summed E-state index contributed by atoms with van der Waals surface area (Å²) >= 11 is 0. The third-order valence-electron chi connectivity index (χ3n) is 4.54. The summed E-state index contributed by atoms with van der Waals surface area (Å²) < 4.78 is 31.6. The smallest absolute Gasteiger partial charge is 0.311 e. The molecule has 0 aliphatic heterocycles. The van der Waals surface area contributed by atoms with Gasteiger partial charge in [0.25, 0.3) is 5.88 Å². The molecule has 0 aliphatic carbocycles. The Labute approximate surface area is 182 Å². The number of ether oxygens (including phenoxy) is 4. The van der Waals surface area contributed by atoms with Crippen LogP contribution in [0.3, 0.4) is 0 Å². The molecule has 4 aromatic rings. The van der Waals surface area contributed by atoms with Crippen LogP contribution in [0.4, 0.5) is 0 Å². The van der Waals surface area contributed by atoms with E-state index in [9.17, 15) is 9.59 Å². The average molecular weight is 437 g/mol. The molecule has 0 bridgehead atoms.